The summed E-state index contributed by atoms with van der Waals surface area (Å²) in [5, 5.41) is 3.00. The molecule has 0 radical (unpaired) electrons. The molecular formula is C17H16BrNO2. The number of amides is 1. The van der Waals surface area contributed by atoms with Crippen molar-refractivity contribution in [3.05, 3.63) is 57.6 Å². The molecule has 21 heavy (non-hydrogen) atoms. The summed E-state index contributed by atoms with van der Waals surface area (Å²) in [6.07, 6.45) is 0.653. The number of ether oxygens (including phenoxy) is 1. The molecule has 1 atom stereocenters. The lowest BCUT2D eigenvalue weighted by Crippen LogP contribution is -2.14. The normalized spacial score (nSPS) is 16.5. The molecule has 1 aliphatic heterocycles. The average molecular weight is 346 g/mol. The number of halogens is 1. The van der Waals surface area contributed by atoms with E-state index in [4.69, 9.17) is 4.74 Å². The van der Waals surface area contributed by atoms with Gasteiger partial charge in [-0.1, -0.05) is 34.1 Å². The molecule has 0 aromatic heterocycles. The summed E-state index contributed by atoms with van der Waals surface area (Å²) in [7, 11) is 1.65. The van der Waals surface area contributed by atoms with Gasteiger partial charge in [-0.15, -0.1) is 0 Å². The number of benzene rings is 2. The van der Waals surface area contributed by atoms with E-state index in [9.17, 15) is 4.79 Å². The summed E-state index contributed by atoms with van der Waals surface area (Å²) in [5.41, 5.74) is 4.22. The maximum atomic E-state index is 12.3. The highest BCUT2D eigenvalue weighted by atomic mass is 79.9. The summed E-state index contributed by atoms with van der Waals surface area (Å²) in [4.78, 5) is 12.3. The first-order valence-corrected chi connectivity index (χ1v) is 7.62. The lowest BCUT2D eigenvalue weighted by atomic mass is 9.92. The van der Waals surface area contributed by atoms with Crippen molar-refractivity contribution in [3.8, 4) is 5.75 Å². The lowest BCUT2D eigenvalue weighted by Gasteiger charge is -2.12. The van der Waals surface area contributed by atoms with E-state index in [2.05, 4.69) is 21.2 Å². The van der Waals surface area contributed by atoms with Gasteiger partial charge in [0, 0.05) is 10.2 Å². The molecule has 1 aliphatic rings. The SMILES string of the molecule is COc1ccc(Br)c(CC2C(=O)Nc3c(C)cccc32)c1. The Morgan fingerprint density at radius 2 is 2.10 bits per heavy atom. The topological polar surface area (TPSA) is 38.3 Å². The minimum Gasteiger partial charge on any atom is -0.497 e. The highest BCUT2D eigenvalue weighted by molar-refractivity contribution is 9.10. The van der Waals surface area contributed by atoms with Crippen LogP contribution in [0.1, 0.15) is 22.6 Å². The zero-order valence-corrected chi connectivity index (χ0v) is 13.5. The number of anilines is 1. The molecule has 108 valence electrons. The van der Waals surface area contributed by atoms with Crippen LogP contribution in [0.3, 0.4) is 0 Å². The second-order valence-electron chi connectivity index (χ2n) is 5.24. The van der Waals surface area contributed by atoms with Crippen molar-refractivity contribution in [2.45, 2.75) is 19.3 Å². The van der Waals surface area contributed by atoms with Crippen molar-refractivity contribution in [2.75, 3.05) is 12.4 Å². The van der Waals surface area contributed by atoms with Gasteiger partial charge in [0.2, 0.25) is 5.91 Å². The van der Waals surface area contributed by atoms with Gasteiger partial charge in [0.25, 0.3) is 0 Å². The van der Waals surface area contributed by atoms with Gasteiger partial charge in [-0.25, -0.2) is 0 Å². The van der Waals surface area contributed by atoms with Crippen molar-refractivity contribution >= 4 is 27.5 Å². The van der Waals surface area contributed by atoms with Crippen LogP contribution in [0, 0.1) is 6.92 Å². The largest absolute Gasteiger partial charge is 0.497 e. The molecule has 1 heterocycles. The van der Waals surface area contributed by atoms with E-state index in [1.807, 2.05) is 43.3 Å². The number of hydrogen-bond acceptors (Lipinski definition) is 2. The first kappa shape index (κ1) is 14.1. The molecule has 3 rings (SSSR count). The van der Waals surface area contributed by atoms with Crippen molar-refractivity contribution in [2.24, 2.45) is 0 Å². The van der Waals surface area contributed by atoms with Crippen molar-refractivity contribution in [1.29, 1.82) is 0 Å². The molecule has 0 bridgehead atoms. The second-order valence-corrected chi connectivity index (χ2v) is 6.10. The van der Waals surface area contributed by atoms with E-state index < -0.39 is 0 Å². The van der Waals surface area contributed by atoms with Gasteiger partial charge >= 0.3 is 0 Å². The fourth-order valence-corrected chi connectivity index (χ4v) is 3.17. The molecule has 1 amide bonds. The Kier molecular flexibility index (Phi) is 3.72. The number of hydrogen-bond donors (Lipinski definition) is 1. The van der Waals surface area contributed by atoms with E-state index in [1.54, 1.807) is 7.11 Å². The smallest absolute Gasteiger partial charge is 0.232 e. The molecule has 0 fully saturated rings. The number of rotatable bonds is 3. The third-order valence-electron chi connectivity index (χ3n) is 3.92. The Bertz CT molecular complexity index is 712. The minimum atomic E-state index is -0.150. The molecule has 4 heteroatoms. The molecule has 3 nitrogen and oxygen atoms in total. The van der Waals surface area contributed by atoms with Crippen LogP contribution in [-0.2, 0) is 11.2 Å². The maximum absolute atomic E-state index is 12.3. The first-order valence-electron chi connectivity index (χ1n) is 6.83. The third-order valence-corrected chi connectivity index (χ3v) is 4.70. The van der Waals surface area contributed by atoms with E-state index in [-0.39, 0.29) is 11.8 Å². The monoisotopic (exact) mass is 345 g/mol. The molecule has 1 N–H and O–H groups in total. The van der Waals surface area contributed by atoms with E-state index in [1.165, 1.54) is 0 Å². The van der Waals surface area contributed by atoms with Crippen LogP contribution in [0.4, 0.5) is 5.69 Å². The minimum absolute atomic E-state index is 0.0639. The number of fused-ring (bicyclic) bond motifs is 1. The Labute approximate surface area is 132 Å². The van der Waals surface area contributed by atoms with Gasteiger partial charge in [0.05, 0.1) is 13.0 Å². The van der Waals surface area contributed by atoms with Crippen molar-refractivity contribution in [1.82, 2.24) is 0 Å². The van der Waals surface area contributed by atoms with E-state index >= 15 is 0 Å². The van der Waals surface area contributed by atoms with E-state index in [0.29, 0.717) is 6.42 Å². The Balaban J connectivity index is 1.96. The number of nitrogens with one attached hydrogen (secondary N) is 1. The van der Waals surface area contributed by atoms with Gasteiger partial charge in [-0.05, 0) is 48.2 Å². The average Bonchev–Trinajstić information content (AvgIpc) is 2.79. The quantitative estimate of drug-likeness (QED) is 0.911. The standard InChI is InChI=1S/C17H16BrNO2/c1-10-4-3-5-13-14(17(20)19-16(10)13)9-11-8-12(21-2)6-7-15(11)18/h3-8,14H,9H2,1-2H3,(H,19,20). The van der Waals surface area contributed by atoms with E-state index in [0.717, 1.165) is 32.6 Å². The lowest BCUT2D eigenvalue weighted by molar-refractivity contribution is -0.117. The highest BCUT2D eigenvalue weighted by Gasteiger charge is 2.31. The van der Waals surface area contributed by atoms with Crippen LogP contribution in [0.5, 0.6) is 5.75 Å². The Morgan fingerprint density at radius 3 is 2.86 bits per heavy atom. The predicted molar refractivity (Wildman–Crippen MR) is 86.9 cm³/mol. The summed E-state index contributed by atoms with van der Waals surface area (Å²) < 4.78 is 6.27. The third kappa shape index (κ3) is 2.56. The number of para-hydroxylation sites is 1. The molecule has 0 saturated carbocycles. The van der Waals surface area contributed by atoms with Gasteiger partial charge in [0.15, 0.2) is 0 Å². The summed E-state index contributed by atoms with van der Waals surface area (Å²) >= 11 is 3.55. The van der Waals surface area contributed by atoms with Crippen LogP contribution in [0.15, 0.2) is 40.9 Å². The number of aryl methyl sites for hydroxylation is 1. The fourth-order valence-electron chi connectivity index (χ4n) is 2.76. The highest BCUT2D eigenvalue weighted by Crippen LogP contribution is 2.38. The van der Waals surface area contributed by atoms with Crippen LogP contribution >= 0.6 is 15.9 Å². The summed E-state index contributed by atoms with van der Waals surface area (Å²) in [6, 6.07) is 11.9. The Morgan fingerprint density at radius 1 is 1.29 bits per heavy atom. The van der Waals surface area contributed by atoms with Gasteiger partial charge in [-0.3, -0.25) is 4.79 Å². The zero-order valence-electron chi connectivity index (χ0n) is 11.9. The van der Waals surface area contributed by atoms with Crippen LogP contribution < -0.4 is 10.1 Å². The predicted octanol–water partition coefficient (Wildman–Crippen LogP) is 4.04. The van der Waals surface area contributed by atoms with Gasteiger partial charge < -0.3 is 10.1 Å². The second kappa shape index (κ2) is 5.53. The van der Waals surface area contributed by atoms with Gasteiger partial charge in [-0.2, -0.15) is 0 Å². The molecular weight excluding hydrogens is 330 g/mol. The number of methoxy groups -OCH3 is 1. The number of carbonyl (C=O) groups is 1. The van der Waals surface area contributed by atoms with Crippen LogP contribution in [-0.4, -0.2) is 13.0 Å². The maximum Gasteiger partial charge on any atom is 0.232 e. The zero-order chi connectivity index (χ0) is 15.0. The fraction of sp³-hybridized carbons (Fsp3) is 0.235. The molecule has 0 aliphatic carbocycles. The van der Waals surface area contributed by atoms with Crippen LogP contribution in [0.25, 0.3) is 0 Å². The Hall–Kier alpha value is -1.81. The summed E-state index contributed by atoms with van der Waals surface area (Å²) in [6.45, 7) is 2.02. The first-order chi connectivity index (χ1) is 10.1. The molecule has 1 unspecified atom stereocenters. The molecule has 0 saturated heterocycles. The molecule has 2 aromatic rings. The molecule has 0 spiro atoms. The number of carbonyl (C=O) groups excluding carboxylic acids is 1. The van der Waals surface area contributed by atoms with Gasteiger partial charge in [0.1, 0.15) is 5.75 Å². The van der Waals surface area contributed by atoms with Crippen molar-refractivity contribution in [3.63, 3.8) is 0 Å². The summed E-state index contributed by atoms with van der Waals surface area (Å²) in [5.74, 6) is 0.716. The van der Waals surface area contributed by atoms with Crippen molar-refractivity contribution < 1.29 is 9.53 Å². The van der Waals surface area contributed by atoms with Crippen LogP contribution in [0.2, 0.25) is 0 Å². The molecule has 2 aromatic carbocycles.